The number of para-hydroxylation sites is 2. The molecule has 0 atom stereocenters. The number of halogens is 2. The van der Waals surface area contributed by atoms with Gasteiger partial charge in [-0.05, 0) is 42.5 Å². The number of nitrogens with zero attached hydrogens (tertiary/aromatic N) is 1. The van der Waals surface area contributed by atoms with E-state index in [1.165, 1.54) is 0 Å². The second-order valence-corrected chi connectivity index (χ2v) is 6.24. The van der Waals surface area contributed by atoms with Crippen LogP contribution in [0.3, 0.4) is 0 Å². The van der Waals surface area contributed by atoms with Gasteiger partial charge >= 0.3 is 0 Å². The third-order valence-electron chi connectivity index (χ3n) is 3.51. The van der Waals surface area contributed by atoms with Crippen molar-refractivity contribution in [2.45, 2.75) is 0 Å². The molecule has 2 aromatic carbocycles. The molecule has 0 fully saturated rings. The number of carbonyl (C=O) groups is 1. The van der Waals surface area contributed by atoms with Crippen LogP contribution < -0.4 is 15.4 Å². The lowest BCUT2D eigenvalue weighted by Gasteiger charge is -2.11. The Morgan fingerprint density at radius 2 is 1.77 bits per heavy atom. The lowest BCUT2D eigenvalue weighted by atomic mass is 10.2. The highest BCUT2D eigenvalue weighted by atomic mass is 35.5. The van der Waals surface area contributed by atoms with Gasteiger partial charge in [-0.2, -0.15) is 0 Å². The van der Waals surface area contributed by atoms with E-state index < -0.39 is 0 Å². The van der Waals surface area contributed by atoms with Crippen molar-refractivity contribution in [3.8, 4) is 5.75 Å². The Kier molecular flexibility index (Phi) is 5.61. The molecule has 0 unspecified atom stereocenters. The lowest BCUT2D eigenvalue weighted by Crippen LogP contribution is -2.12. The normalized spacial score (nSPS) is 10.3. The fraction of sp³-hybridized carbons (Fsp3) is 0.0526. The minimum atomic E-state index is -0.297. The molecule has 0 spiro atoms. The summed E-state index contributed by atoms with van der Waals surface area (Å²) < 4.78 is 5.30. The van der Waals surface area contributed by atoms with E-state index in [4.69, 9.17) is 27.9 Å². The Labute approximate surface area is 160 Å². The molecule has 26 heavy (non-hydrogen) atoms. The van der Waals surface area contributed by atoms with Crippen molar-refractivity contribution in [3.63, 3.8) is 0 Å². The summed E-state index contributed by atoms with van der Waals surface area (Å²) in [7, 11) is 1.59. The molecule has 3 aromatic rings. The summed E-state index contributed by atoms with van der Waals surface area (Å²) in [5.41, 5.74) is 1.71. The zero-order valence-corrected chi connectivity index (χ0v) is 15.3. The monoisotopic (exact) mass is 387 g/mol. The summed E-state index contributed by atoms with van der Waals surface area (Å²) in [6.07, 6.45) is 1.55. The number of amides is 1. The highest BCUT2D eigenvalue weighted by Gasteiger charge is 2.10. The third kappa shape index (κ3) is 4.45. The van der Waals surface area contributed by atoms with E-state index in [1.54, 1.807) is 43.6 Å². The van der Waals surface area contributed by atoms with Gasteiger partial charge in [-0.15, -0.1) is 0 Å². The van der Waals surface area contributed by atoms with Crippen molar-refractivity contribution in [3.05, 3.63) is 76.4 Å². The number of nitrogens with one attached hydrogen (secondary N) is 2. The first-order chi connectivity index (χ1) is 12.5. The van der Waals surface area contributed by atoms with E-state index in [0.717, 1.165) is 5.69 Å². The molecule has 0 radical (unpaired) electrons. The van der Waals surface area contributed by atoms with E-state index in [-0.39, 0.29) is 5.91 Å². The molecular weight excluding hydrogens is 373 g/mol. The van der Waals surface area contributed by atoms with Crippen molar-refractivity contribution in [2.24, 2.45) is 0 Å². The predicted molar refractivity (Wildman–Crippen MR) is 105 cm³/mol. The molecule has 0 aliphatic heterocycles. The van der Waals surface area contributed by atoms with Crippen LogP contribution in [0.25, 0.3) is 0 Å². The molecular formula is C19H15Cl2N3O2. The van der Waals surface area contributed by atoms with Crippen molar-refractivity contribution < 1.29 is 9.53 Å². The van der Waals surface area contributed by atoms with E-state index in [1.807, 2.05) is 24.3 Å². The maximum atomic E-state index is 12.5. The van der Waals surface area contributed by atoms with Crippen LogP contribution in [0.5, 0.6) is 5.75 Å². The first-order valence-corrected chi connectivity index (χ1v) is 8.44. The number of benzene rings is 2. The van der Waals surface area contributed by atoms with E-state index in [9.17, 15) is 4.79 Å². The van der Waals surface area contributed by atoms with Crippen LogP contribution in [0.1, 0.15) is 10.4 Å². The van der Waals surface area contributed by atoms with Crippen LogP contribution in [0, 0.1) is 0 Å². The van der Waals surface area contributed by atoms with Crippen molar-refractivity contribution in [1.29, 1.82) is 0 Å². The van der Waals surface area contributed by atoms with E-state index in [2.05, 4.69) is 15.6 Å². The molecule has 0 bridgehead atoms. The fourth-order valence-corrected chi connectivity index (χ4v) is 2.88. The zero-order chi connectivity index (χ0) is 18.5. The molecule has 5 nitrogen and oxygen atoms in total. The predicted octanol–water partition coefficient (Wildman–Crippen LogP) is 5.39. The Morgan fingerprint density at radius 1 is 1.04 bits per heavy atom. The molecule has 0 saturated carbocycles. The van der Waals surface area contributed by atoms with Crippen molar-refractivity contribution in [1.82, 2.24) is 4.98 Å². The molecule has 0 aliphatic carbocycles. The summed E-state index contributed by atoms with van der Waals surface area (Å²) in [6, 6.07) is 15.6. The Bertz CT molecular complexity index is 927. The summed E-state index contributed by atoms with van der Waals surface area (Å²) in [6.45, 7) is 0. The maximum absolute atomic E-state index is 12.5. The van der Waals surface area contributed by atoms with Crippen LogP contribution in [0.15, 0.2) is 60.8 Å². The first kappa shape index (κ1) is 18.0. The number of hydrogen-bond acceptors (Lipinski definition) is 4. The average Bonchev–Trinajstić information content (AvgIpc) is 2.61. The van der Waals surface area contributed by atoms with Crippen LogP contribution in [0.4, 0.5) is 17.2 Å². The minimum Gasteiger partial charge on any atom is -0.495 e. The van der Waals surface area contributed by atoms with Gasteiger partial charge in [0.1, 0.15) is 11.6 Å². The van der Waals surface area contributed by atoms with Gasteiger partial charge in [0, 0.05) is 27.5 Å². The summed E-state index contributed by atoms with van der Waals surface area (Å²) in [5, 5.41) is 6.80. The number of rotatable bonds is 5. The third-order valence-corrected chi connectivity index (χ3v) is 3.95. The molecule has 7 heteroatoms. The number of methoxy groups -OCH3 is 1. The highest BCUT2D eigenvalue weighted by Crippen LogP contribution is 2.27. The van der Waals surface area contributed by atoms with Gasteiger partial charge in [0.15, 0.2) is 0 Å². The maximum Gasteiger partial charge on any atom is 0.255 e. The molecule has 1 amide bonds. The molecule has 1 heterocycles. The van der Waals surface area contributed by atoms with Gasteiger partial charge in [-0.1, -0.05) is 35.3 Å². The largest absolute Gasteiger partial charge is 0.495 e. The minimum absolute atomic E-state index is 0.297. The fourth-order valence-electron chi connectivity index (χ4n) is 2.36. The molecule has 132 valence electrons. The van der Waals surface area contributed by atoms with Crippen molar-refractivity contribution in [2.75, 3.05) is 17.7 Å². The zero-order valence-electron chi connectivity index (χ0n) is 13.8. The van der Waals surface area contributed by atoms with Crippen LogP contribution >= 0.6 is 23.2 Å². The lowest BCUT2D eigenvalue weighted by molar-refractivity contribution is 0.102. The SMILES string of the molecule is COc1ccccc1Nc1cc(C(=O)Nc2cc(Cl)cc(Cl)c2)ccn1. The van der Waals surface area contributed by atoms with Crippen LogP contribution in [-0.4, -0.2) is 18.0 Å². The average molecular weight is 388 g/mol. The standard InChI is InChI=1S/C19H15Cl2N3O2/c1-26-17-5-3-2-4-16(17)24-18-8-12(6-7-22-18)19(25)23-15-10-13(20)9-14(21)11-15/h2-11H,1H3,(H,22,24)(H,23,25). The number of hydrogen-bond donors (Lipinski definition) is 2. The van der Waals surface area contributed by atoms with Gasteiger partial charge in [0.05, 0.1) is 12.8 Å². The summed E-state index contributed by atoms with van der Waals surface area (Å²) >= 11 is 11.9. The number of anilines is 3. The highest BCUT2D eigenvalue weighted by molar-refractivity contribution is 6.35. The van der Waals surface area contributed by atoms with Gasteiger partial charge in [0.25, 0.3) is 5.91 Å². The smallest absolute Gasteiger partial charge is 0.255 e. The second kappa shape index (κ2) is 8.08. The molecule has 0 aliphatic rings. The Morgan fingerprint density at radius 3 is 2.50 bits per heavy atom. The van der Waals surface area contributed by atoms with E-state index >= 15 is 0 Å². The summed E-state index contributed by atoms with van der Waals surface area (Å²) in [4.78, 5) is 16.7. The quantitative estimate of drug-likeness (QED) is 0.615. The topological polar surface area (TPSA) is 63.2 Å². The van der Waals surface area contributed by atoms with E-state index in [0.29, 0.717) is 32.9 Å². The molecule has 1 aromatic heterocycles. The molecule has 2 N–H and O–H groups in total. The Hall–Kier alpha value is -2.76. The van der Waals surface area contributed by atoms with Crippen LogP contribution in [0.2, 0.25) is 10.0 Å². The Balaban J connectivity index is 1.79. The summed E-state index contributed by atoms with van der Waals surface area (Å²) in [5.74, 6) is 0.901. The van der Waals surface area contributed by atoms with Crippen LogP contribution in [-0.2, 0) is 0 Å². The van der Waals surface area contributed by atoms with Gasteiger partial charge in [-0.25, -0.2) is 4.98 Å². The first-order valence-electron chi connectivity index (χ1n) is 7.69. The molecule has 3 rings (SSSR count). The molecule has 0 saturated heterocycles. The van der Waals surface area contributed by atoms with Gasteiger partial charge < -0.3 is 15.4 Å². The number of ether oxygens (including phenoxy) is 1. The van der Waals surface area contributed by atoms with Gasteiger partial charge in [-0.3, -0.25) is 4.79 Å². The number of pyridine rings is 1. The van der Waals surface area contributed by atoms with Crippen molar-refractivity contribution >= 4 is 46.3 Å². The van der Waals surface area contributed by atoms with Gasteiger partial charge in [0.2, 0.25) is 0 Å². The second-order valence-electron chi connectivity index (χ2n) is 5.37. The number of aromatic nitrogens is 1. The number of carbonyl (C=O) groups excluding carboxylic acids is 1.